The van der Waals surface area contributed by atoms with E-state index in [0.29, 0.717) is 18.7 Å². The standard InChI is InChI=1S/C13H18ClN3O2S2/c1-2-16-5-7-17(8-6-16)21(18,19)12-9-10(13(15)20)3-4-11(12)14/h3-4,9H,2,5-8H2,1H3,(H2,15,20). The maximum atomic E-state index is 12.7. The molecule has 1 aromatic rings. The summed E-state index contributed by atoms with van der Waals surface area (Å²) in [4.78, 5) is 2.43. The van der Waals surface area contributed by atoms with Crippen molar-refractivity contribution in [1.29, 1.82) is 0 Å². The minimum Gasteiger partial charge on any atom is -0.389 e. The van der Waals surface area contributed by atoms with E-state index in [-0.39, 0.29) is 14.9 Å². The van der Waals surface area contributed by atoms with Crippen LogP contribution in [0.4, 0.5) is 0 Å². The Balaban J connectivity index is 2.32. The number of benzene rings is 1. The van der Waals surface area contributed by atoms with Gasteiger partial charge in [-0.3, -0.25) is 0 Å². The van der Waals surface area contributed by atoms with Crippen LogP contribution in [0.15, 0.2) is 23.1 Å². The van der Waals surface area contributed by atoms with Gasteiger partial charge in [0.1, 0.15) is 9.88 Å². The molecule has 0 spiro atoms. The lowest BCUT2D eigenvalue weighted by atomic mass is 10.2. The van der Waals surface area contributed by atoms with Crippen LogP contribution in [0, 0.1) is 0 Å². The number of likely N-dealkylation sites (N-methyl/N-ethyl adjacent to an activating group) is 1. The van der Waals surface area contributed by atoms with Crippen molar-refractivity contribution in [3.05, 3.63) is 28.8 Å². The summed E-state index contributed by atoms with van der Waals surface area (Å²) < 4.78 is 26.9. The molecule has 1 saturated heterocycles. The molecule has 1 heterocycles. The van der Waals surface area contributed by atoms with Crippen LogP contribution in [-0.4, -0.2) is 55.3 Å². The number of hydrogen-bond donors (Lipinski definition) is 1. The summed E-state index contributed by atoms with van der Waals surface area (Å²) in [6.45, 7) is 5.36. The van der Waals surface area contributed by atoms with E-state index in [1.807, 2.05) is 0 Å². The summed E-state index contributed by atoms with van der Waals surface area (Å²) in [7, 11) is -3.62. The quantitative estimate of drug-likeness (QED) is 0.832. The maximum absolute atomic E-state index is 12.7. The largest absolute Gasteiger partial charge is 0.389 e. The maximum Gasteiger partial charge on any atom is 0.244 e. The molecule has 0 radical (unpaired) electrons. The summed E-state index contributed by atoms with van der Waals surface area (Å²) in [5, 5.41) is 0.188. The van der Waals surface area contributed by atoms with Crippen LogP contribution in [0.1, 0.15) is 12.5 Å². The molecule has 0 atom stereocenters. The van der Waals surface area contributed by atoms with E-state index in [2.05, 4.69) is 11.8 Å². The van der Waals surface area contributed by atoms with Gasteiger partial charge in [-0.05, 0) is 18.7 Å². The molecule has 8 heteroatoms. The fraction of sp³-hybridized carbons (Fsp3) is 0.462. The van der Waals surface area contributed by atoms with E-state index in [1.165, 1.54) is 16.4 Å². The third-order valence-electron chi connectivity index (χ3n) is 3.61. The second-order valence-corrected chi connectivity index (χ2v) is 7.60. The Hall–Kier alpha value is -0.730. The van der Waals surface area contributed by atoms with Crippen molar-refractivity contribution >= 4 is 38.8 Å². The topological polar surface area (TPSA) is 66.6 Å². The molecule has 0 bridgehead atoms. The molecule has 116 valence electrons. The number of sulfonamides is 1. The number of halogens is 1. The number of piperazine rings is 1. The molecule has 1 aromatic carbocycles. The number of nitrogens with zero attached hydrogens (tertiary/aromatic N) is 2. The van der Waals surface area contributed by atoms with Crippen LogP contribution in [0.25, 0.3) is 0 Å². The summed E-state index contributed by atoms with van der Waals surface area (Å²) >= 11 is 11.0. The van der Waals surface area contributed by atoms with Gasteiger partial charge in [0, 0.05) is 31.7 Å². The highest BCUT2D eigenvalue weighted by molar-refractivity contribution is 7.89. The monoisotopic (exact) mass is 347 g/mol. The molecule has 1 fully saturated rings. The average molecular weight is 348 g/mol. The number of hydrogen-bond acceptors (Lipinski definition) is 4. The zero-order valence-electron chi connectivity index (χ0n) is 11.8. The first-order valence-electron chi connectivity index (χ1n) is 6.68. The van der Waals surface area contributed by atoms with Gasteiger partial charge in [-0.15, -0.1) is 0 Å². The second-order valence-electron chi connectivity index (χ2n) is 4.85. The fourth-order valence-corrected chi connectivity index (χ4v) is 4.33. The molecule has 1 aliphatic heterocycles. The van der Waals surface area contributed by atoms with Crippen LogP contribution < -0.4 is 5.73 Å². The van der Waals surface area contributed by atoms with Crippen LogP contribution in [-0.2, 0) is 10.0 Å². The summed E-state index contributed by atoms with van der Waals surface area (Å²) in [6, 6.07) is 4.59. The van der Waals surface area contributed by atoms with E-state index in [1.54, 1.807) is 6.07 Å². The molecular weight excluding hydrogens is 330 g/mol. The summed E-state index contributed by atoms with van der Waals surface area (Å²) in [6.07, 6.45) is 0. The highest BCUT2D eigenvalue weighted by Gasteiger charge is 2.30. The predicted octanol–water partition coefficient (Wildman–Crippen LogP) is 1.30. The molecule has 0 saturated carbocycles. The molecule has 2 N–H and O–H groups in total. The second kappa shape index (κ2) is 6.58. The Morgan fingerprint density at radius 1 is 1.33 bits per heavy atom. The van der Waals surface area contributed by atoms with Gasteiger partial charge in [-0.1, -0.05) is 36.8 Å². The fourth-order valence-electron chi connectivity index (χ4n) is 2.28. The number of nitrogens with two attached hydrogens (primary N) is 1. The van der Waals surface area contributed by atoms with E-state index >= 15 is 0 Å². The van der Waals surface area contributed by atoms with Crippen LogP contribution in [0.2, 0.25) is 5.02 Å². The minimum absolute atomic E-state index is 0.0689. The van der Waals surface area contributed by atoms with Crippen LogP contribution in [0.5, 0.6) is 0 Å². The van der Waals surface area contributed by atoms with Gasteiger partial charge in [0.15, 0.2) is 0 Å². The van der Waals surface area contributed by atoms with Crippen molar-refractivity contribution < 1.29 is 8.42 Å². The zero-order valence-corrected chi connectivity index (χ0v) is 14.1. The van der Waals surface area contributed by atoms with Crippen molar-refractivity contribution in [2.24, 2.45) is 5.73 Å². The predicted molar refractivity (Wildman–Crippen MR) is 88.2 cm³/mol. The Kier molecular flexibility index (Phi) is 5.21. The van der Waals surface area contributed by atoms with Crippen molar-refractivity contribution in [3.63, 3.8) is 0 Å². The highest BCUT2D eigenvalue weighted by Crippen LogP contribution is 2.26. The smallest absolute Gasteiger partial charge is 0.244 e. The van der Waals surface area contributed by atoms with E-state index in [4.69, 9.17) is 29.6 Å². The van der Waals surface area contributed by atoms with Crippen LogP contribution >= 0.6 is 23.8 Å². The van der Waals surface area contributed by atoms with Gasteiger partial charge >= 0.3 is 0 Å². The molecule has 0 amide bonds. The first kappa shape index (κ1) is 16.6. The van der Waals surface area contributed by atoms with Gasteiger partial charge in [0.2, 0.25) is 10.0 Å². The number of thiocarbonyl (C=S) groups is 1. The van der Waals surface area contributed by atoms with Crippen molar-refractivity contribution in [3.8, 4) is 0 Å². The molecule has 2 rings (SSSR count). The zero-order chi connectivity index (χ0) is 15.6. The Labute approximate surface area is 135 Å². The Bertz CT molecular complexity index is 641. The molecule has 1 aliphatic rings. The summed E-state index contributed by atoms with van der Waals surface area (Å²) in [5.41, 5.74) is 6.06. The van der Waals surface area contributed by atoms with Gasteiger partial charge in [-0.25, -0.2) is 8.42 Å². The molecular formula is C13H18ClN3O2S2. The van der Waals surface area contributed by atoms with Gasteiger partial charge in [0.25, 0.3) is 0 Å². The lowest BCUT2D eigenvalue weighted by Crippen LogP contribution is -2.48. The highest BCUT2D eigenvalue weighted by atomic mass is 35.5. The lowest BCUT2D eigenvalue weighted by Gasteiger charge is -2.33. The third kappa shape index (κ3) is 3.54. The van der Waals surface area contributed by atoms with Gasteiger partial charge in [-0.2, -0.15) is 4.31 Å². The van der Waals surface area contributed by atoms with E-state index in [9.17, 15) is 8.42 Å². The minimum atomic E-state index is -3.62. The lowest BCUT2D eigenvalue weighted by molar-refractivity contribution is 0.196. The van der Waals surface area contributed by atoms with Crippen molar-refractivity contribution in [2.75, 3.05) is 32.7 Å². The van der Waals surface area contributed by atoms with E-state index < -0.39 is 10.0 Å². The SMILES string of the molecule is CCN1CCN(S(=O)(=O)c2cc(C(N)=S)ccc2Cl)CC1. The molecule has 0 aromatic heterocycles. The Morgan fingerprint density at radius 2 is 1.95 bits per heavy atom. The van der Waals surface area contributed by atoms with Gasteiger partial charge < -0.3 is 10.6 Å². The first-order chi connectivity index (χ1) is 9.86. The van der Waals surface area contributed by atoms with Crippen molar-refractivity contribution in [2.45, 2.75) is 11.8 Å². The van der Waals surface area contributed by atoms with Gasteiger partial charge in [0.05, 0.1) is 5.02 Å². The average Bonchev–Trinajstić information content (AvgIpc) is 2.47. The summed E-state index contributed by atoms with van der Waals surface area (Å²) in [5.74, 6) is 0. The normalized spacial score (nSPS) is 17.8. The molecule has 5 nitrogen and oxygen atoms in total. The first-order valence-corrected chi connectivity index (χ1v) is 8.90. The molecule has 0 aliphatic carbocycles. The number of rotatable bonds is 4. The van der Waals surface area contributed by atoms with Crippen LogP contribution in [0.3, 0.4) is 0 Å². The third-order valence-corrected chi connectivity index (χ3v) is 6.23. The molecule has 21 heavy (non-hydrogen) atoms. The Morgan fingerprint density at radius 3 is 2.48 bits per heavy atom. The molecule has 0 unspecified atom stereocenters. The van der Waals surface area contributed by atoms with E-state index in [0.717, 1.165) is 19.6 Å². The van der Waals surface area contributed by atoms with Crippen molar-refractivity contribution in [1.82, 2.24) is 9.21 Å².